The zero-order valence-corrected chi connectivity index (χ0v) is 29.2. The van der Waals surface area contributed by atoms with Crippen molar-refractivity contribution in [2.75, 3.05) is 0 Å². The van der Waals surface area contributed by atoms with E-state index in [0.717, 1.165) is 0 Å². The molecular formula is C38H30Cl2O2P2Ru. The van der Waals surface area contributed by atoms with Crippen LogP contribution in [-0.2, 0) is 21.5 Å². The van der Waals surface area contributed by atoms with Gasteiger partial charge in [0.05, 0.1) is 0 Å². The van der Waals surface area contributed by atoms with E-state index in [1.807, 2.05) is 0 Å². The van der Waals surface area contributed by atoms with Gasteiger partial charge in [0.25, 0.3) is 0 Å². The van der Waals surface area contributed by atoms with Crippen molar-refractivity contribution in [2.45, 2.75) is 0 Å². The molecule has 0 spiro atoms. The van der Waals surface area contributed by atoms with Crippen molar-refractivity contribution in [3.63, 3.8) is 0 Å². The molecule has 0 atom stereocenters. The van der Waals surface area contributed by atoms with Gasteiger partial charge < -0.3 is 0 Å². The van der Waals surface area contributed by atoms with E-state index in [1.54, 1.807) is 0 Å². The molecule has 0 aliphatic carbocycles. The topological polar surface area (TPSA) is 34.1 Å². The largest absolute Gasteiger partial charge is 0.0622 e. The molecule has 0 radical (unpaired) electrons. The third-order valence-electron chi connectivity index (χ3n) is 6.27. The molecule has 6 rings (SSSR count). The third-order valence-corrected chi connectivity index (χ3v) is 13.3. The molecule has 0 unspecified atom stereocenters. The Kier molecular flexibility index (Phi) is 14.1. The summed E-state index contributed by atoms with van der Waals surface area (Å²) in [4.78, 5) is 19.0. The summed E-state index contributed by atoms with van der Waals surface area (Å²) in [5.41, 5.74) is 0. The molecule has 7 heteroatoms. The number of carbonyl (C=O) groups excluding carboxylic acids is 2. The van der Waals surface area contributed by atoms with E-state index in [2.05, 4.69) is 182 Å². The first-order valence-electron chi connectivity index (χ1n) is 13.8. The average molecular weight is 753 g/mol. The SMILES string of the molecule is O=[C]=[Ru]([Cl])([Cl])=[C]=O.c1ccc(P(c2ccccc2)c2ccccc2)cc1.c1ccc(P(c2ccccc2)c2ccccc2)cc1. The molecule has 0 fully saturated rings. The van der Waals surface area contributed by atoms with E-state index in [0.29, 0.717) is 0 Å². The molecule has 0 heterocycles. The van der Waals surface area contributed by atoms with E-state index in [4.69, 9.17) is 19.4 Å². The summed E-state index contributed by atoms with van der Waals surface area (Å²) in [7, 11) is 9.09. The van der Waals surface area contributed by atoms with Crippen LogP contribution in [0.25, 0.3) is 0 Å². The van der Waals surface area contributed by atoms with E-state index >= 15 is 0 Å². The van der Waals surface area contributed by atoms with Crippen molar-refractivity contribution in [1.29, 1.82) is 0 Å². The normalized spacial score (nSPS) is 10.8. The van der Waals surface area contributed by atoms with Crippen molar-refractivity contribution in [3.05, 3.63) is 182 Å². The van der Waals surface area contributed by atoms with Crippen LogP contribution in [0.4, 0.5) is 0 Å². The molecule has 0 aliphatic rings. The van der Waals surface area contributed by atoms with Gasteiger partial charge in [0.1, 0.15) is 0 Å². The van der Waals surface area contributed by atoms with E-state index < -0.39 is 27.7 Å². The molecule has 45 heavy (non-hydrogen) atoms. The Bertz CT molecular complexity index is 1560. The molecule has 6 aromatic rings. The van der Waals surface area contributed by atoms with Crippen molar-refractivity contribution in [2.24, 2.45) is 0 Å². The van der Waals surface area contributed by atoms with Crippen LogP contribution >= 0.6 is 35.2 Å². The second-order valence-electron chi connectivity index (χ2n) is 9.23. The maximum Gasteiger partial charge on any atom is -0.0134 e. The average Bonchev–Trinajstić information content (AvgIpc) is 3.12. The second kappa shape index (κ2) is 18.5. The predicted octanol–water partition coefficient (Wildman–Crippen LogP) is 7.47. The molecule has 0 N–H and O–H groups in total. The zero-order valence-electron chi connectivity index (χ0n) is 24.1. The molecule has 0 saturated carbocycles. The zero-order chi connectivity index (χ0) is 31.7. The molecule has 0 aliphatic heterocycles. The van der Waals surface area contributed by atoms with Gasteiger partial charge in [0.2, 0.25) is 0 Å². The summed E-state index contributed by atoms with van der Waals surface area (Å²) in [5.74, 6) is 0. The molecule has 2 nitrogen and oxygen atoms in total. The monoisotopic (exact) mass is 752 g/mol. The number of halogens is 2. The summed E-state index contributed by atoms with van der Waals surface area (Å²) in [6, 6.07) is 64.7. The Morgan fingerprint density at radius 3 is 0.600 bits per heavy atom. The smallest absolute Gasteiger partial charge is 0.0134 e. The first kappa shape index (κ1) is 34.4. The standard InChI is InChI=1S/2C18H15P.2CO.2ClH.Ru/c2*1-4-10-16(11-5-1)19(17-12-6-2-7-13-17)18-14-8-3-9-15-18;2*1-2;;;/h2*1-15H;;;2*1H;/q;;;;;;+2/p-2. The molecule has 0 saturated heterocycles. The Morgan fingerprint density at radius 2 is 0.489 bits per heavy atom. The fourth-order valence-electron chi connectivity index (χ4n) is 4.37. The molecule has 0 bridgehead atoms. The van der Waals surface area contributed by atoms with Gasteiger partial charge in [0, 0.05) is 0 Å². The minimum absolute atomic E-state index is 0.446. The van der Waals surface area contributed by atoms with E-state index in [1.165, 1.54) is 40.8 Å². The number of benzene rings is 6. The van der Waals surface area contributed by atoms with Gasteiger partial charge in [-0.25, -0.2) is 0 Å². The second-order valence-corrected chi connectivity index (χ2v) is 21.9. The fourth-order valence-corrected chi connectivity index (χ4v) is 9.05. The Labute approximate surface area is 277 Å². The van der Waals surface area contributed by atoms with Gasteiger partial charge >= 0.3 is 49.8 Å². The van der Waals surface area contributed by atoms with Crippen molar-refractivity contribution >= 4 is 76.0 Å². The Morgan fingerprint density at radius 1 is 0.333 bits per heavy atom. The molecular weight excluding hydrogens is 722 g/mol. The predicted molar refractivity (Wildman–Crippen MR) is 193 cm³/mol. The maximum atomic E-state index is 9.48. The Balaban J connectivity index is 0.000000170. The van der Waals surface area contributed by atoms with Gasteiger partial charge in [-0.15, -0.1) is 0 Å². The Hall–Kier alpha value is -3.46. The van der Waals surface area contributed by atoms with Crippen LogP contribution < -0.4 is 31.8 Å². The first-order chi connectivity index (χ1) is 22.0. The third kappa shape index (κ3) is 10.8. The van der Waals surface area contributed by atoms with E-state index in [9.17, 15) is 9.59 Å². The van der Waals surface area contributed by atoms with Crippen LogP contribution in [0.3, 0.4) is 0 Å². The van der Waals surface area contributed by atoms with Crippen LogP contribution in [0.2, 0.25) is 0 Å². The van der Waals surface area contributed by atoms with Gasteiger partial charge in [-0.2, -0.15) is 0 Å². The number of hydrogen-bond acceptors (Lipinski definition) is 2. The number of rotatable bonds is 6. The minimum atomic E-state index is -3.59. The number of hydrogen-bond donors (Lipinski definition) is 0. The van der Waals surface area contributed by atoms with Gasteiger partial charge in [-0.1, -0.05) is 182 Å². The van der Waals surface area contributed by atoms with E-state index in [-0.39, 0.29) is 0 Å². The first-order valence-corrected chi connectivity index (χ1v) is 22.7. The quantitative estimate of drug-likeness (QED) is 0.131. The maximum absolute atomic E-state index is 9.48. The van der Waals surface area contributed by atoms with Gasteiger partial charge in [-0.3, -0.25) is 0 Å². The van der Waals surface area contributed by atoms with Crippen LogP contribution in [0, 0.1) is 0 Å². The summed E-state index contributed by atoms with van der Waals surface area (Å²) in [5, 5.41) is 8.39. The molecule has 0 aromatic heterocycles. The minimum Gasteiger partial charge on any atom is -0.0622 e. The molecule has 6 aromatic carbocycles. The molecule has 0 amide bonds. The summed E-state index contributed by atoms with van der Waals surface area (Å²) >= 11 is -3.59. The van der Waals surface area contributed by atoms with Crippen LogP contribution in [0.1, 0.15) is 0 Å². The van der Waals surface area contributed by atoms with Crippen molar-refractivity contribution < 1.29 is 21.5 Å². The fraction of sp³-hybridized carbons (Fsp3) is 0. The summed E-state index contributed by atoms with van der Waals surface area (Å²) in [6.45, 7) is 0. The van der Waals surface area contributed by atoms with Crippen molar-refractivity contribution in [1.82, 2.24) is 0 Å². The van der Waals surface area contributed by atoms with Gasteiger partial charge in [-0.05, 0) is 47.7 Å². The van der Waals surface area contributed by atoms with Crippen LogP contribution in [0.5, 0.6) is 0 Å². The van der Waals surface area contributed by atoms with Gasteiger partial charge in [0.15, 0.2) is 0 Å². The molecule has 226 valence electrons. The van der Waals surface area contributed by atoms with Crippen LogP contribution in [0.15, 0.2) is 182 Å². The summed E-state index contributed by atoms with van der Waals surface area (Å²) < 4.78 is 2.44. The summed E-state index contributed by atoms with van der Waals surface area (Å²) in [6.07, 6.45) is 0. The van der Waals surface area contributed by atoms with Crippen molar-refractivity contribution in [3.8, 4) is 0 Å². The van der Waals surface area contributed by atoms with Crippen LogP contribution in [-0.4, -0.2) is 8.95 Å².